The number of nitrogens with zero attached hydrogens (tertiary/aromatic N) is 2. The fourth-order valence-electron chi connectivity index (χ4n) is 10.2. The van der Waals surface area contributed by atoms with Gasteiger partial charge in [0.05, 0.1) is 17.1 Å². The predicted molar refractivity (Wildman–Crippen MR) is 267 cm³/mol. The number of hydrogen-bond acceptors (Lipinski definition) is 3. The van der Waals surface area contributed by atoms with Crippen molar-refractivity contribution in [3.05, 3.63) is 242 Å². The predicted octanol–water partition coefficient (Wildman–Crippen LogP) is 17.2. The van der Waals surface area contributed by atoms with Gasteiger partial charge < -0.3 is 14.5 Å². The van der Waals surface area contributed by atoms with Gasteiger partial charge in [-0.1, -0.05) is 184 Å². The van der Waals surface area contributed by atoms with Crippen molar-refractivity contribution in [2.75, 3.05) is 9.80 Å². The molecule has 0 saturated heterocycles. The van der Waals surface area contributed by atoms with Crippen LogP contribution < -0.4 is 14.5 Å². The van der Waals surface area contributed by atoms with Crippen molar-refractivity contribution in [2.24, 2.45) is 0 Å². The number of hydrogen-bond donors (Lipinski definition) is 0. The number of benzene rings is 10. The van der Waals surface area contributed by atoms with Gasteiger partial charge in [-0.05, 0) is 104 Å². The Morgan fingerprint density at radius 3 is 1.53 bits per heavy atom. The molecular formula is C61H44N2O. The van der Waals surface area contributed by atoms with Gasteiger partial charge >= 0.3 is 0 Å². The summed E-state index contributed by atoms with van der Waals surface area (Å²) < 4.78 is 7.30. The molecule has 2 aliphatic rings. The Labute approximate surface area is 374 Å². The van der Waals surface area contributed by atoms with Crippen molar-refractivity contribution < 1.29 is 4.74 Å². The Morgan fingerprint density at radius 1 is 0.359 bits per heavy atom. The second kappa shape index (κ2) is 15.0. The lowest BCUT2D eigenvalue weighted by Gasteiger charge is -2.32. The molecule has 0 spiro atoms. The number of para-hydroxylation sites is 3. The smallest absolute Gasteiger partial charge is 0.159 e. The van der Waals surface area contributed by atoms with E-state index in [0.717, 1.165) is 67.5 Å². The second-order valence-electron chi connectivity index (χ2n) is 17.3. The Morgan fingerprint density at radius 2 is 0.844 bits per heavy atom. The molecule has 0 atom stereocenters. The molecule has 0 radical (unpaired) electrons. The zero-order chi connectivity index (χ0) is 42.8. The lowest BCUT2D eigenvalue weighted by molar-refractivity contribution is 0.488. The summed E-state index contributed by atoms with van der Waals surface area (Å²) in [6.45, 7) is 4.70. The van der Waals surface area contributed by atoms with Gasteiger partial charge in [-0.15, -0.1) is 0 Å². The van der Waals surface area contributed by atoms with Crippen molar-refractivity contribution in [3.63, 3.8) is 0 Å². The molecule has 0 amide bonds. The Kier molecular flexibility index (Phi) is 8.84. The highest BCUT2D eigenvalue weighted by molar-refractivity contribution is 6.08. The molecule has 0 bridgehead atoms. The third-order valence-corrected chi connectivity index (χ3v) is 13.2. The van der Waals surface area contributed by atoms with E-state index < -0.39 is 0 Å². The maximum Gasteiger partial charge on any atom is 0.159 e. The highest BCUT2D eigenvalue weighted by Gasteiger charge is 2.38. The molecule has 3 heteroatoms. The zero-order valence-corrected chi connectivity index (χ0v) is 35.7. The van der Waals surface area contributed by atoms with Crippen molar-refractivity contribution in [3.8, 4) is 56.0 Å². The molecule has 10 aromatic carbocycles. The highest BCUT2D eigenvalue weighted by Crippen LogP contribution is 2.57. The van der Waals surface area contributed by atoms with Gasteiger partial charge in [0.2, 0.25) is 0 Å². The molecule has 0 fully saturated rings. The summed E-state index contributed by atoms with van der Waals surface area (Å²) in [6, 6.07) is 83.1. The van der Waals surface area contributed by atoms with Gasteiger partial charge in [0.15, 0.2) is 5.75 Å². The molecular weight excluding hydrogens is 777 g/mol. The molecule has 1 aliphatic carbocycles. The third-order valence-electron chi connectivity index (χ3n) is 13.2. The van der Waals surface area contributed by atoms with Crippen LogP contribution in [0.4, 0.5) is 34.1 Å². The molecule has 0 saturated carbocycles. The van der Waals surface area contributed by atoms with Crippen LogP contribution in [0.1, 0.15) is 25.0 Å². The number of fused-ring (bicyclic) bond motifs is 5. The maximum atomic E-state index is 7.30. The lowest BCUT2D eigenvalue weighted by Crippen LogP contribution is -2.16. The van der Waals surface area contributed by atoms with Crippen molar-refractivity contribution in [1.29, 1.82) is 0 Å². The molecule has 0 N–H and O–H groups in total. The monoisotopic (exact) mass is 820 g/mol. The minimum Gasteiger partial charge on any atom is -0.454 e. The van der Waals surface area contributed by atoms with Crippen LogP contribution in [0.25, 0.3) is 55.3 Å². The average molecular weight is 821 g/mol. The minimum absolute atomic E-state index is 0.153. The van der Waals surface area contributed by atoms with Gasteiger partial charge in [-0.3, -0.25) is 0 Å². The van der Waals surface area contributed by atoms with Crippen LogP contribution in [-0.4, -0.2) is 0 Å². The van der Waals surface area contributed by atoms with E-state index in [-0.39, 0.29) is 5.41 Å². The van der Waals surface area contributed by atoms with Crippen molar-refractivity contribution >= 4 is 44.9 Å². The zero-order valence-electron chi connectivity index (χ0n) is 35.7. The van der Waals surface area contributed by atoms with Crippen molar-refractivity contribution in [1.82, 2.24) is 0 Å². The van der Waals surface area contributed by atoms with Gasteiger partial charge in [0, 0.05) is 45.1 Å². The highest BCUT2D eigenvalue weighted by atomic mass is 16.5. The van der Waals surface area contributed by atoms with Crippen LogP contribution in [0, 0.1) is 0 Å². The Bertz CT molecular complexity index is 3320. The van der Waals surface area contributed by atoms with Crippen LogP contribution >= 0.6 is 0 Å². The number of rotatable bonds is 8. The fourth-order valence-corrected chi connectivity index (χ4v) is 10.2. The summed E-state index contributed by atoms with van der Waals surface area (Å²) in [5.41, 5.74) is 18.4. The van der Waals surface area contributed by atoms with Gasteiger partial charge in [-0.2, -0.15) is 0 Å². The molecule has 10 aromatic rings. The third kappa shape index (κ3) is 6.12. The fraction of sp³-hybridized carbons (Fsp3) is 0.0492. The standard InChI is InChI=1S/C61H44N2O/c1-61(2)53-27-13-12-24-52(53)59-54(61)28-16-29-55(59)63(48-37-35-44(36-38-48)43-33-31-42(32-34-43)41-17-6-3-7-18-41)49-39-45-19-14-25-50-51-26-15-30-56(60(51)64-57(40-49)58(45)50)62(46-20-8-4-9-21-46)47-22-10-5-11-23-47/h3-40H,1-2H3. The Balaban J connectivity index is 1.03. The summed E-state index contributed by atoms with van der Waals surface area (Å²) in [5, 5.41) is 2.23. The molecule has 64 heavy (non-hydrogen) atoms. The van der Waals surface area contributed by atoms with E-state index in [1.165, 1.54) is 44.5 Å². The first-order valence-electron chi connectivity index (χ1n) is 22.1. The lowest BCUT2D eigenvalue weighted by atomic mass is 9.82. The SMILES string of the molecule is CC1(C)c2ccccc2-c2c(N(c3ccc(-c4ccc(-c5ccccc5)cc4)cc3)c3cc4c5c(cccc5c3)-c3cccc(N(c5ccccc5)c5ccccc5)c3O4)cccc21. The van der Waals surface area contributed by atoms with E-state index >= 15 is 0 Å². The first-order chi connectivity index (χ1) is 31.5. The maximum absolute atomic E-state index is 7.30. The van der Waals surface area contributed by atoms with Gasteiger partial charge in [0.1, 0.15) is 5.75 Å². The summed E-state index contributed by atoms with van der Waals surface area (Å²) in [7, 11) is 0. The molecule has 1 aliphatic heterocycles. The van der Waals surface area contributed by atoms with E-state index in [2.05, 4.69) is 254 Å². The average Bonchev–Trinajstić information content (AvgIpc) is 3.59. The van der Waals surface area contributed by atoms with Crippen LogP contribution in [-0.2, 0) is 5.41 Å². The van der Waals surface area contributed by atoms with Crippen molar-refractivity contribution in [2.45, 2.75) is 19.3 Å². The van der Waals surface area contributed by atoms with E-state index in [9.17, 15) is 0 Å². The molecule has 304 valence electrons. The first kappa shape index (κ1) is 37.6. The van der Waals surface area contributed by atoms with Crippen LogP contribution in [0.3, 0.4) is 0 Å². The quantitative estimate of drug-likeness (QED) is 0.152. The largest absolute Gasteiger partial charge is 0.454 e. The molecule has 0 aromatic heterocycles. The summed E-state index contributed by atoms with van der Waals surface area (Å²) in [6.07, 6.45) is 0. The van der Waals surface area contributed by atoms with E-state index in [0.29, 0.717) is 0 Å². The molecule has 3 nitrogen and oxygen atoms in total. The summed E-state index contributed by atoms with van der Waals surface area (Å²) in [4.78, 5) is 4.73. The van der Waals surface area contributed by atoms with Gasteiger partial charge in [0.25, 0.3) is 0 Å². The molecule has 1 heterocycles. The number of ether oxygens (including phenoxy) is 1. The minimum atomic E-state index is -0.153. The van der Waals surface area contributed by atoms with Gasteiger partial charge in [-0.25, -0.2) is 0 Å². The topological polar surface area (TPSA) is 15.7 Å². The molecule has 12 rings (SSSR count). The normalized spacial score (nSPS) is 12.8. The van der Waals surface area contributed by atoms with E-state index in [1.54, 1.807) is 0 Å². The van der Waals surface area contributed by atoms with E-state index in [4.69, 9.17) is 4.74 Å². The van der Waals surface area contributed by atoms with Crippen LogP contribution in [0.15, 0.2) is 231 Å². The molecule has 0 unspecified atom stereocenters. The summed E-state index contributed by atoms with van der Waals surface area (Å²) in [5.74, 6) is 1.66. The summed E-state index contributed by atoms with van der Waals surface area (Å²) >= 11 is 0. The first-order valence-corrected chi connectivity index (χ1v) is 22.1. The Hall–Kier alpha value is -8.14. The van der Waals surface area contributed by atoms with E-state index in [1.807, 2.05) is 0 Å². The number of anilines is 6. The second-order valence-corrected chi connectivity index (χ2v) is 17.3. The van der Waals surface area contributed by atoms with Crippen LogP contribution in [0.2, 0.25) is 0 Å². The van der Waals surface area contributed by atoms with Crippen LogP contribution in [0.5, 0.6) is 11.5 Å².